The number of halogens is 4. The first-order valence-electron chi connectivity index (χ1n) is 10.4. The van der Waals surface area contributed by atoms with Gasteiger partial charge in [-0.25, -0.2) is 17.6 Å². The predicted molar refractivity (Wildman–Crippen MR) is 123 cm³/mol. The molecule has 4 rings (SSSR count). The summed E-state index contributed by atoms with van der Waals surface area (Å²) in [6.45, 7) is 1.95. The first kappa shape index (κ1) is 22.2. The van der Waals surface area contributed by atoms with E-state index in [1.165, 1.54) is 12.1 Å². The van der Waals surface area contributed by atoms with Crippen LogP contribution < -0.4 is 0 Å². The zero-order valence-electron chi connectivity index (χ0n) is 17.8. The highest BCUT2D eigenvalue weighted by atomic mass is 19.2. The first-order valence-corrected chi connectivity index (χ1v) is 10.4. The molecule has 0 fully saturated rings. The van der Waals surface area contributed by atoms with Gasteiger partial charge in [-0.15, -0.1) is 0 Å². The predicted octanol–water partition coefficient (Wildman–Crippen LogP) is 7.15. The van der Waals surface area contributed by atoms with Gasteiger partial charge in [0, 0.05) is 16.7 Å². The fraction of sp³-hybridized carbons (Fsp3) is 0.103. The van der Waals surface area contributed by atoms with Crippen LogP contribution >= 0.6 is 0 Å². The van der Waals surface area contributed by atoms with E-state index >= 15 is 0 Å². The van der Waals surface area contributed by atoms with Crippen molar-refractivity contribution in [3.8, 4) is 23.7 Å². The third-order valence-corrected chi connectivity index (χ3v) is 5.09. The molecule has 162 valence electrons. The van der Waals surface area contributed by atoms with E-state index in [9.17, 15) is 17.6 Å². The van der Waals surface area contributed by atoms with Crippen molar-refractivity contribution in [3.63, 3.8) is 0 Å². The first-order chi connectivity index (χ1) is 15.9. The molecule has 0 atom stereocenters. The molecule has 0 spiro atoms. The molecule has 0 amide bonds. The molecular weight excluding hydrogens is 424 g/mol. The zero-order valence-corrected chi connectivity index (χ0v) is 17.8. The fourth-order valence-electron chi connectivity index (χ4n) is 3.41. The number of aryl methyl sites for hydroxylation is 1. The molecule has 33 heavy (non-hydrogen) atoms. The molecule has 0 aliphatic heterocycles. The molecule has 0 nitrogen and oxygen atoms in total. The summed E-state index contributed by atoms with van der Waals surface area (Å²) in [5.74, 6) is 8.24. The third kappa shape index (κ3) is 5.25. The number of fused-ring (bicyclic) bond motifs is 1. The summed E-state index contributed by atoms with van der Waals surface area (Å²) in [5.41, 5.74) is 2.35. The van der Waals surface area contributed by atoms with Crippen molar-refractivity contribution in [1.82, 2.24) is 0 Å². The van der Waals surface area contributed by atoms with Gasteiger partial charge in [0.05, 0.1) is 5.56 Å². The minimum Gasteiger partial charge on any atom is -0.206 e. The number of rotatable bonds is 2. The maximum Gasteiger partial charge on any atom is 0.159 e. The second-order valence-corrected chi connectivity index (χ2v) is 7.59. The van der Waals surface area contributed by atoms with E-state index < -0.39 is 23.3 Å². The van der Waals surface area contributed by atoms with Crippen LogP contribution in [-0.2, 0) is 6.42 Å². The molecule has 4 heteroatoms. The average Bonchev–Trinajstić information content (AvgIpc) is 2.79. The van der Waals surface area contributed by atoms with Crippen LogP contribution in [0.25, 0.3) is 10.8 Å². The largest absolute Gasteiger partial charge is 0.206 e. The smallest absolute Gasteiger partial charge is 0.159 e. The summed E-state index contributed by atoms with van der Waals surface area (Å²) >= 11 is 0. The van der Waals surface area contributed by atoms with E-state index in [4.69, 9.17) is 0 Å². The summed E-state index contributed by atoms with van der Waals surface area (Å²) < 4.78 is 55.2. The van der Waals surface area contributed by atoms with Gasteiger partial charge in [0.1, 0.15) is 11.6 Å². The number of hydrogen-bond acceptors (Lipinski definition) is 0. The Hall–Kier alpha value is -4.02. The second kappa shape index (κ2) is 9.63. The Kier molecular flexibility index (Phi) is 6.48. The summed E-state index contributed by atoms with van der Waals surface area (Å²) in [5, 5.41) is 1.16. The normalized spacial score (nSPS) is 10.3. The van der Waals surface area contributed by atoms with Crippen molar-refractivity contribution in [2.75, 3.05) is 0 Å². The third-order valence-electron chi connectivity index (χ3n) is 5.09. The van der Waals surface area contributed by atoms with Crippen molar-refractivity contribution in [3.05, 3.63) is 118 Å². The standard InChI is InChI=1S/C29H18F4/c1-2-3-22-15-26(30)25(27(31)16-22)13-11-20-6-4-19(5-7-20)8-9-21-10-12-23-17-28(32)29(33)18-24(23)14-21/h4-7,10,12,14-18H,2-3H2,1H3. The van der Waals surface area contributed by atoms with E-state index in [2.05, 4.69) is 23.7 Å². The molecular formula is C29H18F4. The van der Waals surface area contributed by atoms with Crippen LogP contribution in [0.5, 0.6) is 0 Å². The SMILES string of the molecule is CCCc1cc(F)c(C#Cc2ccc(C#Cc3ccc4cc(F)c(F)cc4c3)cc2)c(F)c1. The molecule has 0 aromatic heterocycles. The van der Waals surface area contributed by atoms with Gasteiger partial charge in [-0.1, -0.05) is 43.1 Å². The molecule has 0 heterocycles. The van der Waals surface area contributed by atoms with Gasteiger partial charge in [0.15, 0.2) is 11.6 Å². The molecule has 0 saturated carbocycles. The Balaban J connectivity index is 1.52. The molecule has 0 N–H and O–H groups in total. The van der Waals surface area contributed by atoms with E-state index in [0.29, 0.717) is 39.4 Å². The fourth-order valence-corrected chi connectivity index (χ4v) is 3.41. The highest BCUT2D eigenvalue weighted by molar-refractivity contribution is 5.84. The van der Waals surface area contributed by atoms with Gasteiger partial charge in [0.25, 0.3) is 0 Å². The van der Waals surface area contributed by atoms with Gasteiger partial charge in [0.2, 0.25) is 0 Å². The summed E-state index contributed by atoms with van der Waals surface area (Å²) in [6, 6.07) is 17.0. The van der Waals surface area contributed by atoms with Crippen LogP contribution in [0.4, 0.5) is 17.6 Å². The second-order valence-electron chi connectivity index (χ2n) is 7.59. The lowest BCUT2D eigenvalue weighted by Crippen LogP contribution is -1.94. The minimum atomic E-state index is -0.902. The highest BCUT2D eigenvalue weighted by Crippen LogP contribution is 2.20. The molecule has 4 aromatic rings. The van der Waals surface area contributed by atoms with Crippen molar-refractivity contribution in [1.29, 1.82) is 0 Å². The van der Waals surface area contributed by atoms with Crippen LogP contribution in [0.2, 0.25) is 0 Å². The van der Waals surface area contributed by atoms with Crippen molar-refractivity contribution >= 4 is 10.8 Å². The molecule has 0 bridgehead atoms. The van der Waals surface area contributed by atoms with Gasteiger partial charge in [-0.3, -0.25) is 0 Å². The van der Waals surface area contributed by atoms with Gasteiger partial charge < -0.3 is 0 Å². The van der Waals surface area contributed by atoms with E-state index in [-0.39, 0.29) is 5.56 Å². The summed E-state index contributed by atoms with van der Waals surface area (Å²) in [7, 11) is 0. The van der Waals surface area contributed by atoms with Crippen molar-refractivity contribution in [2.45, 2.75) is 19.8 Å². The molecule has 0 unspecified atom stereocenters. The summed E-state index contributed by atoms with van der Waals surface area (Å²) in [6.07, 6.45) is 1.41. The number of hydrogen-bond donors (Lipinski definition) is 0. The molecule has 0 aliphatic carbocycles. The van der Waals surface area contributed by atoms with Gasteiger partial charge in [-0.2, -0.15) is 0 Å². The van der Waals surface area contributed by atoms with Crippen molar-refractivity contribution < 1.29 is 17.6 Å². The maximum absolute atomic E-state index is 14.2. The highest BCUT2D eigenvalue weighted by Gasteiger charge is 2.09. The van der Waals surface area contributed by atoms with Crippen LogP contribution in [0, 0.1) is 47.0 Å². The van der Waals surface area contributed by atoms with Crippen LogP contribution in [0.3, 0.4) is 0 Å². The minimum absolute atomic E-state index is 0.244. The Labute approximate surface area is 189 Å². The average molecular weight is 442 g/mol. The quantitative estimate of drug-likeness (QED) is 0.228. The Morgan fingerprint density at radius 1 is 0.545 bits per heavy atom. The van der Waals surface area contributed by atoms with Crippen LogP contribution in [-0.4, -0.2) is 0 Å². The van der Waals surface area contributed by atoms with Crippen molar-refractivity contribution in [2.24, 2.45) is 0 Å². The molecule has 0 aliphatic rings. The van der Waals surface area contributed by atoms with E-state index in [1.807, 2.05) is 6.92 Å². The summed E-state index contributed by atoms with van der Waals surface area (Å²) in [4.78, 5) is 0. The molecule has 0 saturated heterocycles. The van der Waals surface area contributed by atoms with Crippen LogP contribution in [0.15, 0.2) is 66.7 Å². The lowest BCUT2D eigenvalue weighted by atomic mass is 10.1. The molecule has 0 radical (unpaired) electrons. The van der Waals surface area contributed by atoms with E-state index in [0.717, 1.165) is 18.6 Å². The Morgan fingerprint density at radius 2 is 1.06 bits per heavy atom. The zero-order chi connectivity index (χ0) is 23.4. The van der Waals surface area contributed by atoms with Gasteiger partial charge >= 0.3 is 0 Å². The lowest BCUT2D eigenvalue weighted by Gasteiger charge is -2.02. The van der Waals surface area contributed by atoms with Gasteiger partial charge in [-0.05, 0) is 83.4 Å². The topological polar surface area (TPSA) is 0 Å². The number of benzene rings is 4. The van der Waals surface area contributed by atoms with E-state index in [1.54, 1.807) is 42.5 Å². The Morgan fingerprint density at radius 3 is 1.67 bits per heavy atom. The monoisotopic (exact) mass is 442 g/mol. The molecule has 4 aromatic carbocycles. The lowest BCUT2D eigenvalue weighted by molar-refractivity contribution is 0.511. The maximum atomic E-state index is 14.2. The van der Waals surface area contributed by atoms with Crippen LogP contribution in [0.1, 0.15) is 41.2 Å². The Bertz CT molecular complexity index is 1440.